The maximum absolute atomic E-state index is 13.5. The number of para-hydroxylation sites is 2. The quantitative estimate of drug-likeness (QED) is 0.403. The van der Waals surface area contributed by atoms with Gasteiger partial charge in [0.15, 0.2) is 0 Å². The van der Waals surface area contributed by atoms with Crippen molar-refractivity contribution in [2.24, 2.45) is 0 Å². The molecule has 3 rings (SSSR count). The first-order valence-electron chi connectivity index (χ1n) is 10.00. The molecule has 0 heterocycles. The van der Waals surface area contributed by atoms with Crippen molar-refractivity contribution in [1.82, 2.24) is 0 Å². The smallest absolute Gasteiger partial charge is 0.270 e. The molecule has 0 unspecified atom stereocenters. The lowest BCUT2D eigenvalue weighted by Crippen LogP contribution is -2.35. The van der Waals surface area contributed by atoms with E-state index in [-0.39, 0.29) is 16.8 Å². The predicted octanol–water partition coefficient (Wildman–Crippen LogP) is 4.93. The van der Waals surface area contributed by atoms with Gasteiger partial charge in [-0.15, -0.1) is 0 Å². The van der Waals surface area contributed by atoms with Crippen molar-refractivity contribution in [3.8, 4) is 0 Å². The molecule has 3 aromatic carbocycles. The van der Waals surface area contributed by atoms with E-state index in [9.17, 15) is 19.7 Å². The van der Waals surface area contributed by atoms with Crippen LogP contribution in [0.1, 0.15) is 34.6 Å². The molecule has 0 N–H and O–H groups in total. The zero-order valence-corrected chi connectivity index (χ0v) is 17.4. The van der Waals surface area contributed by atoms with Gasteiger partial charge >= 0.3 is 0 Å². The highest BCUT2D eigenvalue weighted by molar-refractivity contribution is 6.17. The minimum atomic E-state index is -0.571. The normalized spacial score (nSPS) is 10.4. The summed E-state index contributed by atoms with van der Waals surface area (Å²) in [5, 5.41) is 11.4. The van der Waals surface area contributed by atoms with Crippen molar-refractivity contribution in [3.05, 3.63) is 100 Å². The van der Waals surface area contributed by atoms with Crippen molar-refractivity contribution in [1.29, 1.82) is 0 Å². The Kier molecular flexibility index (Phi) is 6.77. The Hall–Kier alpha value is -4.00. The molecule has 0 fully saturated rings. The Morgan fingerprint density at radius 2 is 1.19 bits per heavy atom. The van der Waals surface area contributed by atoms with Crippen LogP contribution in [0.2, 0.25) is 0 Å². The fourth-order valence-electron chi connectivity index (χ4n) is 3.40. The first kappa shape index (κ1) is 21.7. The predicted molar refractivity (Wildman–Crippen MR) is 121 cm³/mol. The zero-order valence-electron chi connectivity index (χ0n) is 17.4. The fraction of sp³-hybridized carbons (Fsp3) is 0.167. The van der Waals surface area contributed by atoms with Gasteiger partial charge in [0, 0.05) is 36.6 Å². The second-order valence-electron chi connectivity index (χ2n) is 6.76. The van der Waals surface area contributed by atoms with E-state index in [0.29, 0.717) is 24.5 Å². The lowest BCUT2D eigenvalue weighted by atomic mass is 10.0. The van der Waals surface area contributed by atoms with Crippen LogP contribution in [0.25, 0.3) is 0 Å². The minimum Gasteiger partial charge on any atom is -0.309 e. The molecule has 0 spiro atoms. The number of amides is 2. The summed E-state index contributed by atoms with van der Waals surface area (Å²) in [6.45, 7) is 4.37. The molecule has 31 heavy (non-hydrogen) atoms. The Bertz CT molecular complexity index is 1080. The van der Waals surface area contributed by atoms with Gasteiger partial charge < -0.3 is 9.80 Å². The molecule has 0 bridgehead atoms. The molecule has 0 saturated heterocycles. The SMILES string of the molecule is CCN(C(=O)c1ccc([N+](=O)[O-])cc1C(=O)N(CC)c1ccccc1)c1ccccc1. The number of nitro benzene ring substituents is 1. The monoisotopic (exact) mass is 417 g/mol. The molecule has 2 amide bonds. The summed E-state index contributed by atoms with van der Waals surface area (Å²) in [5.41, 5.74) is 1.21. The summed E-state index contributed by atoms with van der Waals surface area (Å²) in [6.07, 6.45) is 0. The van der Waals surface area contributed by atoms with Gasteiger partial charge in [0.1, 0.15) is 0 Å². The number of carbonyl (C=O) groups is 2. The topological polar surface area (TPSA) is 83.8 Å². The Balaban J connectivity index is 2.10. The van der Waals surface area contributed by atoms with E-state index >= 15 is 0 Å². The molecule has 0 atom stereocenters. The average molecular weight is 417 g/mol. The molecule has 0 saturated carbocycles. The molecule has 0 aliphatic rings. The average Bonchev–Trinajstić information content (AvgIpc) is 2.81. The molecule has 7 nitrogen and oxygen atoms in total. The summed E-state index contributed by atoms with van der Waals surface area (Å²) in [4.78, 5) is 40.7. The maximum atomic E-state index is 13.5. The molecular weight excluding hydrogens is 394 g/mol. The largest absolute Gasteiger partial charge is 0.309 e. The summed E-state index contributed by atoms with van der Waals surface area (Å²) < 4.78 is 0. The summed E-state index contributed by atoms with van der Waals surface area (Å²) >= 11 is 0. The van der Waals surface area contributed by atoms with Crippen LogP contribution in [0.5, 0.6) is 0 Å². The maximum Gasteiger partial charge on any atom is 0.270 e. The zero-order chi connectivity index (χ0) is 22.4. The lowest BCUT2D eigenvalue weighted by molar-refractivity contribution is -0.384. The van der Waals surface area contributed by atoms with Crippen molar-refractivity contribution in [3.63, 3.8) is 0 Å². The highest BCUT2D eigenvalue weighted by Crippen LogP contribution is 2.25. The number of carbonyl (C=O) groups excluding carboxylic acids is 2. The number of non-ortho nitro benzene ring substituents is 1. The number of anilines is 2. The highest BCUT2D eigenvalue weighted by atomic mass is 16.6. The standard InChI is InChI=1S/C24H23N3O4/c1-3-25(18-11-7-5-8-12-18)23(28)21-16-15-20(27(30)31)17-22(21)24(29)26(4-2)19-13-9-6-10-14-19/h5-17H,3-4H2,1-2H3. The van der Waals surface area contributed by atoms with Gasteiger partial charge in [-0.25, -0.2) is 0 Å². The van der Waals surface area contributed by atoms with E-state index in [1.165, 1.54) is 28.0 Å². The number of benzene rings is 3. The van der Waals surface area contributed by atoms with Crippen LogP contribution in [0.3, 0.4) is 0 Å². The van der Waals surface area contributed by atoms with Crippen molar-refractivity contribution in [2.75, 3.05) is 22.9 Å². The number of hydrogen-bond donors (Lipinski definition) is 0. The van der Waals surface area contributed by atoms with Gasteiger partial charge in [-0.2, -0.15) is 0 Å². The van der Waals surface area contributed by atoms with E-state index in [1.54, 1.807) is 36.4 Å². The molecule has 0 radical (unpaired) electrons. The molecule has 158 valence electrons. The second-order valence-corrected chi connectivity index (χ2v) is 6.76. The molecule has 7 heteroatoms. The number of nitrogens with zero attached hydrogens (tertiary/aromatic N) is 3. The van der Waals surface area contributed by atoms with Gasteiger partial charge in [0.05, 0.1) is 16.1 Å². The second kappa shape index (κ2) is 9.67. The van der Waals surface area contributed by atoms with Gasteiger partial charge in [0.25, 0.3) is 17.5 Å². The molecular formula is C24H23N3O4. The van der Waals surface area contributed by atoms with Crippen LogP contribution < -0.4 is 9.80 Å². The third kappa shape index (κ3) is 4.61. The Morgan fingerprint density at radius 1 is 0.742 bits per heavy atom. The van der Waals surface area contributed by atoms with Crippen LogP contribution in [-0.2, 0) is 0 Å². The molecule has 0 aromatic heterocycles. The van der Waals surface area contributed by atoms with Crippen LogP contribution in [0.15, 0.2) is 78.9 Å². The minimum absolute atomic E-state index is 0.000663. The summed E-state index contributed by atoms with van der Waals surface area (Å²) in [7, 11) is 0. The van der Waals surface area contributed by atoms with E-state index in [1.807, 2.05) is 38.1 Å². The van der Waals surface area contributed by atoms with E-state index < -0.39 is 16.7 Å². The fourth-order valence-corrected chi connectivity index (χ4v) is 3.40. The first-order chi connectivity index (χ1) is 15.0. The van der Waals surface area contributed by atoms with Gasteiger partial charge in [-0.1, -0.05) is 36.4 Å². The number of hydrogen-bond acceptors (Lipinski definition) is 4. The highest BCUT2D eigenvalue weighted by Gasteiger charge is 2.27. The van der Waals surface area contributed by atoms with Gasteiger partial charge in [-0.05, 0) is 44.2 Å². The van der Waals surface area contributed by atoms with Crippen molar-refractivity contribution >= 4 is 28.9 Å². The third-order valence-corrected chi connectivity index (χ3v) is 4.93. The number of rotatable bonds is 7. The number of nitro groups is 1. The van der Waals surface area contributed by atoms with E-state index in [4.69, 9.17) is 0 Å². The third-order valence-electron chi connectivity index (χ3n) is 4.93. The Labute approximate surface area is 180 Å². The van der Waals surface area contributed by atoms with Crippen LogP contribution >= 0.6 is 0 Å². The van der Waals surface area contributed by atoms with Crippen LogP contribution in [-0.4, -0.2) is 29.8 Å². The van der Waals surface area contributed by atoms with Crippen molar-refractivity contribution in [2.45, 2.75) is 13.8 Å². The molecule has 0 aliphatic heterocycles. The lowest BCUT2D eigenvalue weighted by Gasteiger charge is -2.25. The van der Waals surface area contributed by atoms with Crippen LogP contribution in [0.4, 0.5) is 17.1 Å². The van der Waals surface area contributed by atoms with Gasteiger partial charge in [0.2, 0.25) is 0 Å². The van der Waals surface area contributed by atoms with Crippen LogP contribution in [0, 0.1) is 10.1 Å². The summed E-state index contributed by atoms with van der Waals surface area (Å²) in [6, 6.07) is 21.9. The van der Waals surface area contributed by atoms with Gasteiger partial charge in [-0.3, -0.25) is 19.7 Å². The molecule has 0 aliphatic carbocycles. The van der Waals surface area contributed by atoms with Crippen molar-refractivity contribution < 1.29 is 14.5 Å². The molecule has 3 aromatic rings. The van der Waals surface area contributed by atoms with E-state index in [0.717, 1.165) is 0 Å². The van der Waals surface area contributed by atoms with E-state index in [2.05, 4.69) is 0 Å². The Morgan fingerprint density at radius 3 is 1.61 bits per heavy atom. The first-order valence-corrected chi connectivity index (χ1v) is 10.00. The summed E-state index contributed by atoms with van der Waals surface area (Å²) in [5.74, 6) is -0.860.